The number of benzene rings is 1. The second-order valence-electron chi connectivity index (χ2n) is 3.77. The molecule has 2 aromatic heterocycles. The van der Waals surface area contributed by atoms with E-state index in [4.69, 9.17) is 0 Å². The van der Waals surface area contributed by atoms with E-state index in [-0.39, 0.29) is 5.91 Å². The van der Waals surface area contributed by atoms with E-state index >= 15 is 0 Å². The number of anilines is 1. The third-order valence-corrected chi connectivity index (χ3v) is 2.50. The summed E-state index contributed by atoms with van der Waals surface area (Å²) in [5.74, 6) is 0.266. The van der Waals surface area contributed by atoms with Crippen LogP contribution in [0.25, 0.3) is 5.78 Å². The summed E-state index contributed by atoms with van der Waals surface area (Å²) in [4.78, 5) is 20.2. The van der Waals surface area contributed by atoms with Gasteiger partial charge in [-0.05, 0) is 18.2 Å². The van der Waals surface area contributed by atoms with Crippen molar-refractivity contribution < 1.29 is 4.79 Å². The molecule has 5 heteroatoms. The SMILES string of the molecule is O=C(Nc1ccccc1)c1cn2cccnc2n1. The van der Waals surface area contributed by atoms with Gasteiger partial charge in [0.1, 0.15) is 5.69 Å². The number of imidazole rings is 1. The van der Waals surface area contributed by atoms with Crippen LogP contribution >= 0.6 is 0 Å². The molecule has 3 rings (SSSR count). The Bertz CT molecular complexity index is 657. The van der Waals surface area contributed by atoms with Crippen molar-refractivity contribution in [3.63, 3.8) is 0 Å². The minimum Gasteiger partial charge on any atom is -0.321 e. The second-order valence-corrected chi connectivity index (χ2v) is 3.77. The molecule has 0 saturated heterocycles. The molecule has 0 bridgehead atoms. The highest BCUT2D eigenvalue weighted by Crippen LogP contribution is 2.08. The molecule has 0 radical (unpaired) electrons. The molecule has 0 atom stereocenters. The molecule has 3 aromatic rings. The Hall–Kier alpha value is -2.69. The lowest BCUT2D eigenvalue weighted by atomic mass is 10.3. The molecule has 0 fully saturated rings. The minimum absolute atomic E-state index is 0.244. The molecule has 1 N–H and O–H groups in total. The van der Waals surface area contributed by atoms with E-state index in [1.165, 1.54) is 0 Å². The Balaban J connectivity index is 1.88. The van der Waals surface area contributed by atoms with Gasteiger partial charge in [0.25, 0.3) is 5.91 Å². The molecule has 0 saturated carbocycles. The fourth-order valence-electron chi connectivity index (χ4n) is 1.66. The van der Waals surface area contributed by atoms with Gasteiger partial charge in [-0.1, -0.05) is 18.2 Å². The van der Waals surface area contributed by atoms with Crippen LogP contribution in [0.2, 0.25) is 0 Å². The lowest BCUT2D eigenvalue weighted by Gasteiger charge is -2.01. The number of aromatic nitrogens is 3. The number of hydrogen-bond acceptors (Lipinski definition) is 3. The summed E-state index contributed by atoms with van der Waals surface area (Å²) in [6, 6.07) is 11.1. The molecule has 88 valence electrons. The first-order valence-electron chi connectivity index (χ1n) is 5.49. The van der Waals surface area contributed by atoms with E-state index in [1.54, 1.807) is 29.1 Å². The maximum absolute atomic E-state index is 12.0. The van der Waals surface area contributed by atoms with Gasteiger partial charge in [0.05, 0.1) is 0 Å². The highest BCUT2D eigenvalue weighted by atomic mass is 16.1. The largest absolute Gasteiger partial charge is 0.321 e. The van der Waals surface area contributed by atoms with Gasteiger partial charge < -0.3 is 5.32 Å². The van der Waals surface area contributed by atoms with Crippen LogP contribution in [0.1, 0.15) is 10.5 Å². The average Bonchev–Trinajstić information content (AvgIpc) is 2.84. The third-order valence-electron chi connectivity index (χ3n) is 2.50. The molecule has 0 spiro atoms. The number of rotatable bonds is 2. The van der Waals surface area contributed by atoms with E-state index in [0.29, 0.717) is 11.5 Å². The van der Waals surface area contributed by atoms with Crippen molar-refractivity contribution in [1.82, 2.24) is 14.4 Å². The van der Waals surface area contributed by atoms with Crippen LogP contribution < -0.4 is 5.32 Å². The van der Waals surface area contributed by atoms with Crippen molar-refractivity contribution in [1.29, 1.82) is 0 Å². The lowest BCUT2D eigenvalue weighted by molar-refractivity contribution is 0.102. The molecule has 0 unspecified atom stereocenters. The van der Waals surface area contributed by atoms with Crippen LogP contribution in [0.4, 0.5) is 5.69 Å². The molecule has 18 heavy (non-hydrogen) atoms. The predicted molar refractivity (Wildman–Crippen MR) is 67.4 cm³/mol. The summed E-state index contributed by atoms with van der Waals surface area (Å²) in [6.07, 6.45) is 5.09. The highest BCUT2D eigenvalue weighted by molar-refractivity contribution is 6.03. The molecule has 0 aliphatic carbocycles. The zero-order chi connectivity index (χ0) is 12.4. The van der Waals surface area contributed by atoms with Gasteiger partial charge in [-0.2, -0.15) is 0 Å². The summed E-state index contributed by atoms with van der Waals surface area (Å²) >= 11 is 0. The fraction of sp³-hybridized carbons (Fsp3) is 0. The van der Waals surface area contributed by atoms with Gasteiger partial charge in [0.2, 0.25) is 5.78 Å². The molecule has 1 aromatic carbocycles. The van der Waals surface area contributed by atoms with E-state index in [0.717, 1.165) is 5.69 Å². The quantitative estimate of drug-likeness (QED) is 0.742. The van der Waals surface area contributed by atoms with Gasteiger partial charge in [0, 0.05) is 24.3 Å². The van der Waals surface area contributed by atoms with Crippen molar-refractivity contribution in [3.8, 4) is 0 Å². The number of carbonyl (C=O) groups is 1. The molecule has 2 heterocycles. The molecular formula is C13H10N4O. The van der Waals surface area contributed by atoms with Gasteiger partial charge in [-0.3, -0.25) is 9.20 Å². The Kier molecular flexibility index (Phi) is 2.49. The van der Waals surface area contributed by atoms with Crippen molar-refractivity contribution in [2.45, 2.75) is 0 Å². The summed E-state index contributed by atoms with van der Waals surface area (Å²) < 4.78 is 1.71. The van der Waals surface area contributed by atoms with E-state index in [2.05, 4.69) is 15.3 Å². The van der Waals surface area contributed by atoms with Crippen LogP contribution in [0.15, 0.2) is 55.0 Å². The summed E-state index contributed by atoms with van der Waals surface area (Å²) in [7, 11) is 0. The molecule has 1 amide bonds. The van der Waals surface area contributed by atoms with Gasteiger partial charge in [-0.15, -0.1) is 0 Å². The number of carbonyl (C=O) groups excluding carboxylic acids is 1. The summed E-state index contributed by atoms with van der Waals surface area (Å²) in [6.45, 7) is 0. The number of para-hydroxylation sites is 1. The number of amides is 1. The van der Waals surface area contributed by atoms with Crippen LogP contribution in [-0.2, 0) is 0 Å². The second kappa shape index (κ2) is 4.29. The number of hydrogen-bond donors (Lipinski definition) is 1. The van der Waals surface area contributed by atoms with Crippen LogP contribution in [0.5, 0.6) is 0 Å². The zero-order valence-corrected chi connectivity index (χ0v) is 9.45. The summed E-state index contributed by atoms with van der Waals surface area (Å²) in [5, 5.41) is 2.78. The minimum atomic E-state index is -0.244. The fourth-order valence-corrected chi connectivity index (χ4v) is 1.66. The average molecular weight is 238 g/mol. The Labute approximate surface area is 103 Å². The van der Waals surface area contributed by atoms with E-state index < -0.39 is 0 Å². The predicted octanol–water partition coefficient (Wildman–Crippen LogP) is 1.98. The lowest BCUT2D eigenvalue weighted by Crippen LogP contribution is -2.12. The summed E-state index contributed by atoms with van der Waals surface area (Å²) in [5.41, 5.74) is 1.09. The molecule has 5 nitrogen and oxygen atoms in total. The van der Waals surface area contributed by atoms with Crippen LogP contribution in [-0.4, -0.2) is 20.3 Å². The number of nitrogens with zero attached hydrogens (tertiary/aromatic N) is 3. The zero-order valence-electron chi connectivity index (χ0n) is 9.45. The van der Waals surface area contributed by atoms with Gasteiger partial charge >= 0.3 is 0 Å². The monoisotopic (exact) mass is 238 g/mol. The van der Waals surface area contributed by atoms with E-state index in [9.17, 15) is 4.79 Å². The molecular weight excluding hydrogens is 228 g/mol. The maximum Gasteiger partial charge on any atom is 0.275 e. The smallest absolute Gasteiger partial charge is 0.275 e. The maximum atomic E-state index is 12.0. The first kappa shape index (κ1) is 10.5. The molecule has 0 aliphatic rings. The van der Waals surface area contributed by atoms with Gasteiger partial charge in [-0.25, -0.2) is 9.97 Å². The standard InChI is InChI=1S/C13H10N4O/c18-12(15-10-5-2-1-3-6-10)11-9-17-8-4-7-14-13(17)16-11/h1-9H,(H,15,18). The highest BCUT2D eigenvalue weighted by Gasteiger charge is 2.10. The Morgan fingerprint density at radius 3 is 2.78 bits per heavy atom. The van der Waals surface area contributed by atoms with Crippen molar-refractivity contribution in [2.24, 2.45) is 0 Å². The van der Waals surface area contributed by atoms with Crippen molar-refractivity contribution in [3.05, 3.63) is 60.7 Å². The van der Waals surface area contributed by atoms with Crippen molar-refractivity contribution >= 4 is 17.4 Å². The third kappa shape index (κ3) is 1.93. The topological polar surface area (TPSA) is 59.3 Å². The van der Waals surface area contributed by atoms with Crippen LogP contribution in [0.3, 0.4) is 0 Å². The van der Waals surface area contributed by atoms with Crippen LogP contribution in [0, 0.1) is 0 Å². The first-order chi connectivity index (χ1) is 8.83. The molecule has 0 aliphatic heterocycles. The first-order valence-corrected chi connectivity index (χ1v) is 5.49. The Morgan fingerprint density at radius 2 is 2.00 bits per heavy atom. The Morgan fingerprint density at radius 1 is 1.17 bits per heavy atom. The number of fused-ring (bicyclic) bond motifs is 1. The van der Waals surface area contributed by atoms with Crippen molar-refractivity contribution in [2.75, 3.05) is 5.32 Å². The normalized spacial score (nSPS) is 10.4. The van der Waals surface area contributed by atoms with E-state index in [1.807, 2.05) is 30.3 Å². The van der Waals surface area contributed by atoms with Gasteiger partial charge in [0.15, 0.2) is 0 Å². The number of nitrogens with one attached hydrogen (secondary N) is 1.